The quantitative estimate of drug-likeness (QED) is 0.637. The molecule has 0 bridgehead atoms. The van der Waals surface area contributed by atoms with Gasteiger partial charge in [-0.2, -0.15) is 10.2 Å². The average Bonchev–Trinajstić information content (AvgIpc) is 3.27. The topological polar surface area (TPSA) is 47.7 Å². The monoisotopic (exact) mass is 405 g/mol. The van der Waals surface area contributed by atoms with E-state index in [1.165, 1.54) is 34.5 Å². The van der Waals surface area contributed by atoms with E-state index in [1.54, 1.807) is 0 Å². The predicted molar refractivity (Wildman–Crippen MR) is 122 cm³/mol. The van der Waals surface area contributed by atoms with Crippen molar-refractivity contribution in [3.63, 3.8) is 0 Å². The zero-order valence-corrected chi connectivity index (χ0v) is 19.3. The van der Waals surface area contributed by atoms with Crippen LogP contribution in [0.4, 0.5) is 0 Å². The van der Waals surface area contributed by atoms with Crippen LogP contribution in [0.3, 0.4) is 0 Å². The second-order valence-electron chi connectivity index (χ2n) is 9.55. The number of fused-ring (bicyclic) bond motifs is 1. The van der Waals surface area contributed by atoms with Crippen LogP contribution in [0.2, 0.25) is 0 Å². The van der Waals surface area contributed by atoms with E-state index in [9.17, 15) is 0 Å². The van der Waals surface area contributed by atoms with E-state index in [0.29, 0.717) is 6.04 Å². The Hall–Kier alpha value is -2.40. The van der Waals surface area contributed by atoms with Crippen LogP contribution in [0.5, 0.6) is 0 Å². The zero-order valence-electron chi connectivity index (χ0n) is 19.3. The van der Waals surface area contributed by atoms with Crippen molar-refractivity contribution >= 4 is 0 Å². The van der Waals surface area contributed by atoms with Gasteiger partial charge in [-0.05, 0) is 63.1 Å². The summed E-state index contributed by atoms with van der Waals surface area (Å²) in [5, 5.41) is 13.2. The van der Waals surface area contributed by atoms with E-state index in [0.717, 1.165) is 37.3 Å². The highest BCUT2D eigenvalue weighted by Crippen LogP contribution is 2.32. The molecule has 2 aromatic heterocycles. The molecule has 1 aliphatic carbocycles. The van der Waals surface area contributed by atoms with Gasteiger partial charge in [0.1, 0.15) is 0 Å². The number of aryl methyl sites for hydroxylation is 2. The van der Waals surface area contributed by atoms with Crippen molar-refractivity contribution < 1.29 is 0 Å². The average molecular weight is 406 g/mol. The Morgan fingerprint density at radius 3 is 2.50 bits per heavy atom. The van der Waals surface area contributed by atoms with Crippen LogP contribution in [-0.2, 0) is 24.9 Å². The summed E-state index contributed by atoms with van der Waals surface area (Å²) in [5.41, 5.74) is 9.10. The molecule has 0 saturated heterocycles. The number of nitrogens with one attached hydrogen (secondary N) is 1. The van der Waals surface area contributed by atoms with Gasteiger partial charge in [0, 0.05) is 41.6 Å². The normalized spacial score (nSPS) is 16.7. The van der Waals surface area contributed by atoms with Crippen LogP contribution in [0.15, 0.2) is 30.5 Å². The summed E-state index contributed by atoms with van der Waals surface area (Å²) < 4.78 is 4.24. The second-order valence-corrected chi connectivity index (χ2v) is 9.55. The fraction of sp³-hybridized carbons (Fsp3) is 0.520. The van der Waals surface area contributed by atoms with E-state index in [4.69, 9.17) is 5.10 Å². The molecule has 0 aliphatic heterocycles. The molecule has 4 rings (SSSR count). The molecule has 0 fully saturated rings. The third-order valence-electron chi connectivity index (χ3n) is 6.52. The van der Waals surface area contributed by atoms with E-state index >= 15 is 0 Å². The first-order valence-corrected chi connectivity index (χ1v) is 11.2. The Morgan fingerprint density at radius 2 is 1.87 bits per heavy atom. The van der Waals surface area contributed by atoms with Crippen molar-refractivity contribution in [3.8, 4) is 5.69 Å². The Morgan fingerprint density at radius 1 is 1.13 bits per heavy atom. The van der Waals surface area contributed by atoms with Crippen molar-refractivity contribution in [2.45, 2.75) is 85.4 Å². The number of hydrogen-bond acceptors (Lipinski definition) is 3. The van der Waals surface area contributed by atoms with Gasteiger partial charge in [0.15, 0.2) is 0 Å². The van der Waals surface area contributed by atoms with Crippen molar-refractivity contribution in [3.05, 3.63) is 64.2 Å². The SMILES string of the molecule is CCn1nc(C)c(CN[C@@H]2CCCc3c2cnn3-c2ccc(C(C)(C)C)cc2)c1C. The molecule has 1 atom stereocenters. The van der Waals surface area contributed by atoms with E-state index in [-0.39, 0.29) is 5.41 Å². The Labute approximate surface area is 180 Å². The van der Waals surface area contributed by atoms with E-state index < -0.39 is 0 Å². The third kappa shape index (κ3) is 3.83. The highest BCUT2D eigenvalue weighted by Gasteiger charge is 2.25. The lowest BCUT2D eigenvalue weighted by Gasteiger charge is -2.25. The predicted octanol–water partition coefficient (Wildman–Crippen LogP) is 5.17. The molecule has 5 nitrogen and oxygen atoms in total. The van der Waals surface area contributed by atoms with Crippen molar-refractivity contribution in [2.75, 3.05) is 0 Å². The van der Waals surface area contributed by atoms with Crippen molar-refractivity contribution in [1.82, 2.24) is 24.9 Å². The van der Waals surface area contributed by atoms with Gasteiger partial charge in [0.2, 0.25) is 0 Å². The fourth-order valence-corrected chi connectivity index (χ4v) is 4.62. The maximum atomic E-state index is 4.78. The lowest BCUT2D eigenvalue weighted by molar-refractivity contribution is 0.453. The minimum Gasteiger partial charge on any atom is -0.306 e. The van der Waals surface area contributed by atoms with Gasteiger partial charge in [0.25, 0.3) is 0 Å². The molecule has 1 aromatic carbocycles. The van der Waals surface area contributed by atoms with E-state index in [2.05, 4.69) is 91.8 Å². The first-order chi connectivity index (χ1) is 14.3. The molecule has 30 heavy (non-hydrogen) atoms. The highest BCUT2D eigenvalue weighted by atomic mass is 15.3. The summed E-state index contributed by atoms with van der Waals surface area (Å²) >= 11 is 0. The second kappa shape index (κ2) is 8.03. The number of benzene rings is 1. The maximum Gasteiger partial charge on any atom is 0.0649 e. The summed E-state index contributed by atoms with van der Waals surface area (Å²) in [6.45, 7) is 15.0. The van der Waals surface area contributed by atoms with Gasteiger partial charge in [-0.3, -0.25) is 4.68 Å². The zero-order chi connectivity index (χ0) is 21.5. The molecule has 0 radical (unpaired) electrons. The van der Waals surface area contributed by atoms with E-state index in [1.807, 2.05) is 0 Å². The molecular formula is C25H35N5. The number of hydrogen-bond donors (Lipinski definition) is 1. The smallest absolute Gasteiger partial charge is 0.0649 e. The molecule has 0 spiro atoms. The minimum atomic E-state index is 0.166. The van der Waals surface area contributed by atoms with Crippen LogP contribution < -0.4 is 5.32 Å². The summed E-state index contributed by atoms with van der Waals surface area (Å²) in [6.07, 6.45) is 5.49. The standard InChI is InChI=1S/C25H35N5/c1-7-29-18(3)21(17(2)28-29)15-26-23-9-8-10-24-22(23)16-27-30(24)20-13-11-19(12-14-20)25(4,5)6/h11-14,16,23,26H,7-10,15H2,1-6H3/t23-/m1/s1. The molecule has 1 aliphatic rings. The van der Waals surface area contributed by atoms with Gasteiger partial charge in [-0.1, -0.05) is 32.9 Å². The fourth-order valence-electron chi connectivity index (χ4n) is 4.62. The van der Waals surface area contributed by atoms with Crippen LogP contribution >= 0.6 is 0 Å². The molecule has 0 amide bonds. The van der Waals surface area contributed by atoms with Crippen LogP contribution in [-0.4, -0.2) is 19.6 Å². The van der Waals surface area contributed by atoms with Crippen LogP contribution in [0, 0.1) is 13.8 Å². The van der Waals surface area contributed by atoms with Gasteiger partial charge in [0.05, 0.1) is 17.6 Å². The van der Waals surface area contributed by atoms with Crippen molar-refractivity contribution in [2.24, 2.45) is 0 Å². The molecule has 2 heterocycles. The third-order valence-corrected chi connectivity index (χ3v) is 6.52. The molecular weight excluding hydrogens is 370 g/mol. The molecule has 0 unspecified atom stereocenters. The summed E-state index contributed by atoms with van der Waals surface area (Å²) in [7, 11) is 0. The first kappa shape index (κ1) is 20.9. The molecule has 1 N–H and O–H groups in total. The lowest BCUT2D eigenvalue weighted by atomic mass is 9.87. The van der Waals surface area contributed by atoms with Gasteiger partial charge < -0.3 is 5.32 Å². The molecule has 3 aromatic rings. The van der Waals surface area contributed by atoms with Crippen LogP contribution in [0.1, 0.15) is 80.4 Å². The van der Waals surface area contributed by atoms with Gasteiger partial charge in [-0.15, -0.1) is 0 Å². The Balaban J connectivity index is 1.55. The largest absolute Gasteiger partial charge is 0.306 e. The minimum absolute atomic E-state index is 0.166. The summed E-state index contributed by atoms with van der Waals surface area (Å²) in [6, 6.07) is 9.23. The number of nitrogens with zero attached hydrogens (tertiary/aromatic N) is 4. The van der Waals surface area contributed by atoms with Crippen molar-refractivity contribution in [1.29, 1.82) is 0 Å². The maximum absolute atomic E-state index is 4.78. The molecule has 5 heteroatoms. The van der Waals surface area contributed by atoms with Gasteiger partial charge in [-0.25, -0.2) is 4.68 Å². The number of rotatable bonds is 5. The van der Waals surface area contributed by atoms with Crippen LogP contribution in [0.25, 0.3) is 5.69 Å². The summed E-state index contributed by atoms with van der Waals surface area (Å²) in [4.78, 5) is 0. The first-order valence-electron chi connectivity index (χ1n) is 11.2. The lowest BCUT2D eigenvalue weighted by Crippen LogP contribution is -2.25. The summed E-state index contributed by atoms with van der Waals surface area (Å²) in [5.74, 6) is 0. The molecule has 160 valence electrons. The number of aromatic nitrogens is 4. The highest BCUT2D eigenvalue weighted by molar-refractivity contribution is 5.40. The molecule has 0 saturated carbocycles. The van der Waals surface area contributed by atoms with Gasteiger partial charge >= 0.3 is 0 Å². The Bertz CT molecular complexity index is 1020. The Kier molecular flexibility index (Phi) is 5.58.